The van der Waals surface area contributed by atoms with Gasteiger partial charge in [0.1, 0.15) is 0 Å². The summed E-state index contributed by atoms with van der Waals surface area (Å²) in [6, 6.07) is 4.19. The van der Waals surface area contributed by atoms with Gasteiger partial charge >= 0.3 is 0 Å². The number of hydrogen-bond acceptors (Lipinski definition) is 0. The molecule has 0 aliphatic carbocycles. The van der Waals surface area contributed by atoms with Gasteiger partial charge in [-0.3, -0.25) is 0 Å². The fourth-order valence-electron chi connectivity index (χ4n) is 1.29. The van der Waals surface area contributed by atoms with Crippen molar-refractivity contribution in [3.63, 3.8) is 0 Å². The molecule has 0 unspecified atom stereocenters. The lowest BCUT2D eigenvalue weighted by molar-refractivity contribution is -0.698. The SMILES string of the molecule is C=CCC[n+]1cc(C)ccc1C=C. The monoisotopic (exact) mass is 174 g/mol. The lowest BCUT2D eigenvalue weighted by Gasteiger charge is -1.99. The molecule has 0 aliphatic rings. The summed E-state index contributed by atoms with van der Waals surface area (Å²) >= 11 is 0. The van der Waals surface area contributed by atoms with Crippen molar-refractivity contribution in [1.29, 1.82) is 0 Å². The molecule has 68 valence electrons. The molecule has 1 rings (SSSR count). The lowest BCUT2D eigenvalue weighted by atomic mass is 10.2. The number of rotatable bonds is 4. The first kappa shape index (κ1) is 9.72. The molecule has 0 atom stereocenters. The van der Waals surface area contributed by atoms with E-state index in [9.17, 15) is 0 Å². The van der Waals surface area contributed by atoms with E-state index in [1.165, 1.54) is 5.56 Å². The highest BCUT2D eigenvalue weighted by Crippen LogP contribution is 1.98. The molecule has 0 saturated heterocycles. The van der Waals surface area contributed by atoms with Gasteiger partial charge in [-0.2, -0.15) is 4.57 Å². The van der Waals surface area contributed by atoms with Gasteiger partial charge in [0, 0.05) is 24.1 Å². The molecule has 0 aromatic carbocycles. The van der Waals surface area contributed by atoms with Crippen molar-refractivity contribution >= 4 is 6.08 Å². The maximum absolute atomic E-state index is 3.78. The van der Waals surface area contributed by atoms with Gasteiger partial charge in [0.25, 0.3) is 0 Å². The highest BCUT2D eigenvalue weighted by atomic mass is 14.9. The van der Waals surface area contributed by atoms with E-state index in [4.69, 9.17) is 0 Å². The third-order valence-corrected chi connectivity index (χ3v) is 1.99. The van der Waals surface area contributed by atoms with Crippen molar-refractivity contribution in [1.82, 2.24) is 0 Å². The van der Waals surface area contributed by atoms with Crippen LogP contribution in [-0.4, -0.2) is 0 Å². The maximum atomic E-state index is 3.78. The molecule has 1 heterocycles. The molecular weight excluding hydrogens is 158 g/mol. The first-order valence-corrected chi connectivity index (χ1v) is 4.51. The minimum absolute atomic E-state index is 0.979. The quantitative estimate of drug-likeness (QED) is 0.488. The van der Waals surface area contributed by atoms with Crippen LogP contribution >= 0.6 is 0 Å². The summed E-state index contributed by atoms with van der Waals surface area (Å²) in [7, 11) is 0. The molecule has 1 heteroatoms. The summed E-state index contributed by atoms with van der Waals surface area (Å²) < 4.78 is 2.20. The molecule has 0 fully saturated rings. The van der Waals surface area contributed by atoms with Crippen LogP contribution in [0.5, 0.6) is 0 Å². The van der Waals surface area contributed by atoms with E-state index in [0.29, 0.717) is 0 Å². The molecule has 13 heavy (non-hydrogen) atoms. The molecule has 0 radical (unpaired) electrons. The number of pyridine rings is 1. The van der Waals surface area contributed by atoms with Crippen LogP contribution in [0.1, 0.15) is 17.7 Å². The first-order chi connectivity index (χ1) is 6.27. The van der Waals surface area contributed by atoms with Gasteiger partial charge in [-0.25, -0.2) is 0 Å². The van der Waals surface area contributed by atoms with Crippen molar-refractivity contribution in [3.8, 4) is 0 Å². The predicted molar refractivity (Wildman–Crippen MR) is 56.3 cm³/mol. The third-order valence-electron chi connectivity index (χ3n) is 1.99. The number of aromatic nitrogens is 1. The van der Waals surface area contributed by atoms with Crippen LogP contribution in [0.4, 0.5) is 0 Å². The average Bonchev–Trinajstić information content (AvgIpc) is 2.15. The topological polar surface area (TPSA) is 3.88 Å². The van der Waals surface area contributed by atoms with Gasteiger partial charge in [0.2, 0.25) is 5.69 Å². The minimum atomic E-state index is 0.979. The van der Waals surface area contributed by atoms with Crippen molar-refractivity contribution in [2.24, 2.45) is 0 Å². The second-order valence-electron chi connectivity index (χ2n) is 3.11. The molecule has 0 aliphatic heterocycles. The van der Waals surface area contributed by atoms with Crippen LogP contribution in [0.2, 0.25) is 0 Å². The van der Waals surface area contributed by atoms with E-state index in [2.05, 4.69) is 43.0 Å². The lowest BCUT2D eigenvalue weighted by Crippen LogP contribution is -2.36. The van der Waals surface area contributed by atoms with Gasteiger partial charge < -0.3 is 0 Å². The standard InChI is InChI=1S/C12H16N/c1-4-6-9-13-10-11(3)7-8-12(13)5-2/h4-5,7-8,10H,1-2,6,9H2,3H3/q+1. The number of aryl methyl sites for hydroxylation is 2. The highest BCUT2D eigenvalue weighted by molar-refractivity contribution is 5.37. The Balaban J connectivity index is 2.93. The summed E-state index contributed by atoms with van der Waals surface area (Å²) in [6.07, 6.45) is 6.94. The number of hydrogen-bond donors (Lipinski definition) is 0. The maximum Gasteiger partial charge on any atom is 0.204 e. The van der Waals surface area contributed by atoms with Crippen LogP contribution in [0.3, 0.4) is 0 Å². The van der Waals surface area contributed by atoms with E-state index < -0.39 is 0 Å². The summed E-state index contributed by atoms with van der Waals surface area (Å²) in [4.78, 5) is 0. The highest BCUT2D eigenvalue weighted by Gasteiger charge is 2.05. The first-order valence-electron chi connectivity index (χ1n) is 4.51. The van der Waals surface area contributed by atoms with Crippen molar-refractivity contribution < 1.29 is 4.57 Å². The third kappa shape index (κ3) is 2.55. The average molecular weight is 174 g/mol. The molecular formula is C12H16N+. The molecule has 0 saturated carbocycles. The Labute approximate surface area is 80.0 Å². The zero-order chi connectivity index (χ0) is 9.68. The summed E-state index contributed by atoms with van der Waals surface area (Å²) in [5, 5.41) is 0. The normalized spacial score (nSPS) is 9.62. The zero-order valence-electron chi connectivity index (χ0n) is 8.16. The molecule has 1 aromatic rings. The molecule has 0 spiro atoms. The van der Waals surface area contributed by atoms with Crippen LogP contribution in [-0.2, 0) is 6.54 Å². The summed E-state index contributed by atoms with van der Waals surface area (Å²) in [5.74, 6) is 0. The van der Waals surface area contributed by atoms with E-state index in [1.807, 2.05) is 12.2 Å². The van der Waals surface area contributed by atoms with Crippen LogP contribution in [0.25, 0.3) is 6.08 Å². The Morgan fingerprint density at radius 3 is 2.77 bits per heavy atom. The second kappa shape index (κ2) is 4.61. The van der Waals surface area contributed by atoms with E-state index in [1.54, 1.807) is 0 Å². The Hall–Kier alpha value is -1.37. The van der Waals surface area contributed by atoms with E-state index in [-0.39, 0.29) is 0 Å². The Kier molecular flexibility index (Phi) is 3.44. The Bertz CT molecular complexity index is 313. The number of nitrogens with zero attached hydrogens (tertiary/aromatic N) is 1. The zero-order valence-corrected chi connectivity index (χ0v) is 8.16. The summed E-state index contributed by atoms with van der Waals surface area (Å²) in [5.41, 5.74) is 2.43. The molecule has 1 nitrogen and oxygen atoms in total. The second-order valence-corrected chi connectivity index (χ2v) is 3.11. The molecule has 0 bridgehead atoms. The fourth-order valence-corrected chi connectivity index (χ4v) is 1.29. The van der Waals surface area contributed by atoms with E-state index in [0.717, 1.165) is 18.7 Å². The van der Waals surface area contributed by atoms with Crippen LogP contribution in [0, 0.1) is 6.92 Å². The molecule has 0 amide bonds. The minimum Gasteiger partial charge on any atom is -0.198 e. The van der Waals surface area contributed by atoms with Crippen molar-refractivity contribution in [2.45, 2.75) is 19.9 Å². The number of allylic oxidation sites excluding steroid dienone is 1. The molecule has 1 aromatic heterocycles. The van der Waals surface area contributed by atoms with Gasteiger partial charge in [-0.1, -0.05) is 12.7 Å². The van der Waals surface area contributed by atoms with Gasteiger partial charge in [0.05, 0.1) is 0 Å². The van der Waals surface area contributed by atoms with Gasteiger partial charge in [0.15, 0.2) is 12.7 Å². The van der Waals surface area contributed by atoms with Crippen molar-refractivity contribution in [2.75, 3.05) is 0 Å². The van der Waals surface area contributed by atoms with Gasteiger partial charge in [-0.15, -0.1) is 6.58 Å². The smallest absolute Gasteiger partial charge is 0.198 e. The Morgan fingerprint density at radius 2 is 2.15 bits per heavy atom. The summed E-state index contributed by atoms with van der Waals surface area (Å²) in [6.45, 7) is 10.6. The van der Waals surface area contributed by atoms with Crippen LogP contribution in [0.15, 0.2) is 37.6 Å². The molecule has 0 N–H and O–H groups in total. The van der Waals surface area contributed by atoms with Crippen LogP contribution < -0.4 is 4.57 Å². The van der Waals surface area contributed by atoms with E-state index >= 15 is 0 Å². The Morgan fingerprint density at radius 1 is 1.38 bits per heavy atom. The fraction of sp³-hybridized carbons (Fsp3) is 0.250. The van der Waals surface area contributed by atoms with Gasteiger partial charge in [-0.05, 0) is 13.0 Å². The largest absolute Gasteiger partial charge is 0.204 e. The predicted octanol–water partition coefficient (Wildman–Crippen LogP) is 2.50. The van der Waals surface area contributed by atoms with Crippen molar-refractivity contribution in [3.05, 3.63) is 48.8 Å².